The molecule has 0 spiro atoms. The molecule has 304 valence electrons. The fourth-order valence-corrected chi connectivity index (χ4v) is 7.40. The Labute approximate surface area is 325 Å². The van der Waals surface area contributed by atoms with Crippen LogP contribution in [0, 0.1) is 6.92 Å². The molecule has 6 rings (SSSR count). The van der Waals surface area contributed by atoms with Gasteiger partial charge in [0.2, 0.25) is 0 Å². The van der Waals surface area contributed by atoms with E-state index >= 15 is 0 Å². The minimum atomic E-state index is -5.06. The largest absolute Gasteiger partial charge is 0.497 e. The molecule has 14 nitrogen and oxygen atoms in total. The van der Waals surface area contributed by atoms with Crippen molar-refractivity contribution in [1.29, 1.82) is 0 Å². The van der Waals surface area contributed by atoms with Crippen molar-refractivity contribution in [2.24, 2.45) is 0 Å². The van der Waals surface area contributed by atoms with E-state index in [0.717, 1.165) is 11.5 Å². The lowest BCUT2D eigenvalue weighted by Gasteiger charge is -2.43. The molecule has 0 saturated carbocycles. The quantitative estimate of drug-likeness (QED) is 0.160. The number of aryl methyl sites for hydroxylation is 1. The van der Waals surface area contributed by atoms with Gasteiger partial charge in [0, 0.05) is 51.4 Å². The molecule has 1 amide bonds. The van der Waals surface area contributed by atoms with Crippen LogP contribution in [0.4, 0.5) is 13.2 Å². The fraction of sp³-hybridized carbons (Fsp3) is 0.400. The van der Waals surface area contributed by atoms with Crippen LogP contribution in [0.1, 0.15) is 35.4 Å². The van der Waals surface area contributed by atoms with Gasteiger partial charge in [-0.3, -0.25) is 28.8 Å². The molecule has 2 fully saturated rings. The van der Waals surface area contributed by atoms with Gasteiger partial charge in [0.05, 0.1) is 20.8 Å². The minimum absolute atomic E-state index is 0.0545. The number of methoxy groups -OCH3 is 2. The molecule has 3 aromatic carbocycles. The highest BCUT2D eigenvalue weighted by Gasteiger charge is 2.59. The number of carbonyl (C=O) groups is 2. The number of hydrogen-bond acceptors (Lipinski definition) is 11. The first-order valence-electron chi connectivity index (χ1n) is 18.0. The molecule has 17 heteroatoms. The van der Waals surface area contributed by atoms with Gasteiger partial charge in [-0.15, -0.1) is 0 Å². The number of rotatable bonds is 12. The van der Waals surface area contributed by atoms with Crippen molar-refractivity contribution in [2.75, 3.05) is 53.6 Å². The van der Waals surface area contributed by atoms with Gasteiger partial charge >= 0.3 is 23.7 Å². The van der Waals surface area contributed by atoms with Crippen molar-refractivity contribution in [3.8, 4) is 11.5 Å². The van der Waals surface area contributed by atoms with Crippen molar-refractivity contribution >= 4 is 11.9 Å². The number of halogens is 3. The molecule has 0 bridgehead atoms. The van der Waals surface area contributed by atoms with Crippen LogP contribution in [0.25, 0.3) is 0 Å². The lowest BCUT2D eigenvalue weighted by Crippen LogP contribution is -2.60. The van der Waals surface area contributed by atoms with Crippen LogP contribution >= 0.6 is 0 Å². The molecule has 0 radical (unpaired) electrons. The number of hydrogen-bond donors (Lipinski definition) is 2. The van der Waals surface area contributed by atoms with E-state index < -0.39 is 65.5 Å². The fourth-order valence-electron chi connectivity index (χ4n) is 7.40. The summed E-state index contributed by atoms with van der Waals surface area (Å²) >= 11 is 0. The summed E-state index contributed by atoms with van der Waals surface area (Å²) in [6.07, 6.45) is -8.60. The van der Waals surface area contributed by atoms with Crippen LogP contribution < -0.4 is 20.7 Å². The van der Waals surface area contributed by atoms with E-state index in [1.807, 2.05) is 54.6 Å². The number of alkyl halides is 3. The molecular weight excluding hydrogens is 753 g/mol. The lowest BCUT2D eigenvalue weighted by atomic mass is 9.79. The van der Waals surface area contributed by atoms with E-state index in [1.54, 1.807) is 29.2 Å². The topological polar surface area (TPSA) is 162 Å². The molecule has 2 N–H and O–H groups in total. The van der Waals surface area contributed by atoms with Gasteiger partial charge in [-0.2, -0.15) is 13.2 Å². The highest BCUT2D eigenvalue weighted by Crippen LogP contribution is 2.46. The van der Waals surface area contributed by atoms with Crippen LogP contribution in [0.3, 0.4) is 0 Å². The zero-order valence-electron chi connectivity index (χ0n) is 31.7. The zero-order valence-corrected chi connectivity index (χ0v) is 31.7. The number of carbonyl (C=O) groups excluding carboxylic acids is 2. The monoisotopic (exact) mass is 796 g/mol. The van der Waals surface area contributed by atoms with E-state index in [1.165, 1.54) is 27.3 Å². The SMILES string of the molecule is COc1ccc(C(OC[C@@]2(CN3CCN(C(=O)C(F)(F)F)CC3)O[C@@H](n3cc(C)c(=O)[nH]c3=O)[C@H](OC(C)=O)[C@H]2O)(c2ccccc2)c2ccc(OC)cc2)cc1. The smallest absolute Gasteiger partial charge is 0.471 e. The van der Waals surface area contributed by atoms with Gasteiger partial charge < -0.3 is 33.7 Å². The van der Waals surface area contributed by atoms with Crippen LogP contribution in [-0.4, -0.2) is 114 Å². The van der Waals surface area contributed by atoms with Crippen molar-refractivity contribution in [2.45, 2.75) is 49.7 Å². The molecular formula is C40H43F3N4O10. The second-order valence-corrected chi connectivity index (χ2v) is 13.9. The molecule has 0 unspecified atom stereocenters. The number of nitrogens with one attached hydrogen (secondary N) is 1. The third-order valence-electron chi connectivity index (χ3n) is 10.3. The summed E-state index contributed by atoms with van der Waals surface area (Å²) in [5.74, 6) is -1.64. The maximum absolute atomic E-state index is 13.3. The first-order chi connectivity index (χ1) is 27.1. The normalized spacial score (nSPS) is 21.6. The standard InChI is InChI=1S/C40H43F3N4O10/c1-25-22-47(37(52)44-34(25)50)35-32(56-26(2)48)33(49)38(57-35,23-45-18-20-46(21-19-45)36(51)40(41,42)43)24-55-39(27-8-6-5-7-9-27,28-10-14-30(53-3)15-11-28)29-12-16-31(54-4)17-13-29/h5-17,22,32-33,35,49H,18-21,23-24H2,1-4H3,(H,44,50,52)/t32-,33-,35-,38-/m1/s1. The number of H-pyrrole nitrogens is 1. The second-order valence-electron chi connectivity index (χ2n) is 13.9. The predicted octanol–water partition coefficient (Wildman–Crippen LogP) is 3.14. The van der Waals surface area contributed by atoms with Gasteiger partial charge in [-0.25, -0.2) is 4.79 Å². The summed E-state index contributed by atoms with van der Waals surface area (Å²) in [5, 5.41) is 12.4. The Morgan fingerprint density at radius 2 is 1.42 bits per heavy atom. The second kappa shape index (κ2) is 16.5. The zero-order chi connectivity index (χ0) is 41.1. The van der Waals surface area contributed by atoms with Crippen molar-refractivity contribution in [3.05, 3.63) is 128 Å². The summed E-state index contributed by atoms with van der Waals surface area (Å²) in [7, 11) is 3.07. The van der Waals surface area contributed by atoms with E-state index in [-0.39, 0.29) is 38.3 Å². The van der Waals surface area contributed by atoms with E-state index in [0.29, 0.717) is 33.1 Å². The Hall–Kier alpha value is -5.49. The van der Waals surface area contributed by atoms with Crippen LogP contribution in [0.15, 0.2) is 94.6 Å². The molecule has 4 atom stereocenters. The van der Waals surface area contributed by atoms with Gasteiger partial charge in [0.1, 0.15) is 28.8 Å². The summed E-state index contributed by atoms with van der Waals surface area (Å²) in [6.45, 7) is 1.21. The highest BCUT2D eigenvalue weighted by molar-refractivity contribution is 5.82. The maximum Gasteiger partial charge on any atom is 0.471 e. The van der Waals surface area contributed by atoms with Gasteiger partial charge in [0.15, 0.2) is 12.3 Å². The molecule has 57 heavy (non-hydrogen) atoms. The Balaban J connectivity index is 1.50. The summed E-state index contributed by atoms with van der Waals surface area (Å²) in [4.78, 5) is 54.9. The average molecular weight is 797 g/mol. The Morgan fingerprint density at radius 3 is 1.93 bits per heavy atom. The summed E-state index contributed by atoms with van der Waals surface area (Å²) in [5.41, 5.74) is -2.86. The van der Waals surface area contributed by atoms with Crippen LogP contribution in [0.5, 0.6) is 11.5 Å². The summed E-state index contributed by atoms with van der Waals surface area (Å²) < 4.78 is 71.4. The van der Waals surface area contributed by atoms with E-state index in [9.17, 15) is 37.5 Å². The number of ether oxygens (including phenoxy) is 5. The minimum Gasteiger partial charge on any atom is -0.497 e. The molecule has 1 aromatic heterocycles. The number of aliphatic hydroxyl groups excluding tert-OH is 1. The predicted molar refractivity (Wildman–Crippen MR) is 198 cm³/mol. The number of aliphatic hydroxyl groups is 1. The van der Waals surface area contributed by atoms with Crippen molar-refractivity contribution in [1.82, 2.24) is 19.4 Å². The Bertz CT molecular complexity index is 2110. The first-order valence-corrected chi connectivity index (χ1v) is 18.0. The third kappa shape index (κ3) is 8.32. The first kappa shape index (κ1) is 41.2. The van der Waals surface area contributed by atoms with Crippen LogP contribution in [0.2, 0.25) is 0 Å². The number of aromatic amines is 1. The molecule has 3 heterocycles. The van der Waals surface area contributed by atoms with E-state index in [2.05, 4.69) is 4.98 Å². The molecule has 4 aromatic rings. The third-order valence-corrected chi connectivity index (χ3v) is 10.3. The number of amides is 1. The number of nitrogens with zero attached hydrogens (tertiary/aromatic N) is 3. The van der Waals surface area contributed by atoms with Gasteiger partial charge in [0.25, 0.3) is 5.56 Å². The number of esters is 1. The number of piperazine rings is 1. The van der Waals surface area contributed by atoms with Crippen molar-refractivity contribution in [3.63, 3.8) is 0 Å². The lowest BCUT2D eigenvalue weighted by molar-refractivity contribution is -0.189. The Kier molecular flexibility index (Phi) is 11.9. The number of benzene rings is 3. The molecule has 2 saturated heterocycles. The molecule has 0 aliphatic carbocycles. The van der Waals surface area contributed by atoms with E-state index in [4.69, 9.17) is 23.7 Å². The van der Waals surface area contributed by atoms with Gasteiger partial charge in [-0.1, -0.05) is 54.6 Å². The average Bonchev–Trinajstić information content (AvgIpc) is 3.46. The Morgan fingerprint density at radius 1 is 0.877 bits per heavy atom. The summed E-state index contributed by atoms with van der Waals surface area (Å²) in [6, 6.07) is 23.5. The number of aromatic nitrogens is 2. The van der Waals surface area contributed by atoms with Gasteiger partial charge in [-0.05, 0) is 47.9 Å². The highest BCUT2D eigenvalue weighted by atomic mass is 19.4. The maximum atomic E-state index is 13.3. The molecule has 2 aliphatic heterocycles. The van der Waals surface area contributed by atoms with Crippen LogP contribution in [-0.2, 0) is 29.4 Å². The molecule has 2 aliphatic rings. The van der Waals surface area contributed by atoms with Crippen molar-refractivity contribution < 1.29 is 51.6 Å².